The lowest BCUT2D eigenvalue weighted by Gasteiger charge is -2.20. The lowest BCUT2D eigenvalue weighted by molar-refractivity contribution is -0.150. The van der Waals surface area contributed by atoms with Gasteiger partial charge < -0.3 is 14.4 Å². The Hall–Kier alpha value is -3.56. The maximum atomic E-state index is 14.1. The van der Waals surface area contributed by atoms with Gasteiger partial charge in [0.25, 0.3) is 0 Å². The number of carbonyl (C=O) groups excluding carboxylic acids is 2. The predicted octanol–water partition coefficient (Wildman–Crippen LogP) is 6.04. The van der Waals surface area contributed by atoms with Crippen LogP contribution in [0.2, 0.25) is 0 Å². The summed E-state index contributed by atoms with van der Waals surface area (Å²) in [5.74, 6) is -14.5. The van der Waals surface area contributed by atoms with Gasteiger partial charge in [0.15, 0.2) is 23.3 Å². The third kappa shape index (κ3) is 8.46. The minimum atomic E-state index is -4.74. The number of rotatable bonds is 12. The van der Waals surface area contributed by atoms with Gasteiger partial charge in [0.2, 0.25) is 13.2 Å². The highest BCUT2D eigenvalue weighted by Crippen LogP contribution is 2.48. The van der Waals surface area contributed by atoms with E-state index in [1.165, 1.54) is 0 Å². The Morgan fingerprint density at radius 1 is 0.744 bits per heavy atom. The van der Waals surface area contributed by atoms with Gasteiger partial charge >= 0.3 is 11.9 Å². The number of esters is 2. The second-order valence-corrected chi connectivity index (χ2v) is 11.1. The third-order valence-corrected chi connectivity index (χ3v) is 7.53. The van der Waals surface area contributed by atoms with E-state index in [9.17, 15) is 41.0 Å². The number of carbonyl (C=O) groups is 2. The predicted molar refractivity (Wildman–Crippen MR) is 130 cm³/mol. The van der Waals surface area contributed by atoms with Crippen molar-refractivity contribution in [1.82, 2.24) is 0 Å². The molecule has 0 aliphatic heterocycles. The molecule has 2 atom stereocenters. The van der Waals surface area contributed by atoms with Crippen molar-refractivity contribution in [3.8, 4) is 0 Å². The van der Waals surface area contributed by atoms with Crippen LogP contribution in [0.15, 0.2) is 60.7 Å². The number of hydrogen-bond acceptors (Lipinski definition) is 5. The van der Waals surface area contributed by atoms with E-state index in [1.54, 1.807) is 60.7 Å². The Kier molecular flexibility index (Phi) is 10.4. The molecule has 12 heteroatoms. The molecule has 0 aromatic heterocycles. The van der Waals surface area contributed by atoms with E-state index in [0.717, 1.165) is 0 Å². The summed E-state index contributed by atoms with van der Waals surface area (Å²) >= 11 is 0. The second-order valence-electron chi connectivity index (χ2n) is 8.71. The quantitative estimate of drug-likeness (QED) is 0.0940. The van der Waals surface area contributed by atoms with Crippen LogP contribution in [-0.4, -0.2) is 23.0 Å². The standard InChI is InChI=1S/C27H24F5O6P/c28-22-20(23(29)25(31)26(32)24(22)30)16-39(35,36)15-19(27(34)38-14-18-9-5-2-6-10-18)11-12-21(33)37-13-17-7-3-1-4-8-17/h1-10,19H,11-16H2,(H,35,36)/t19-/m1/s1. The second kappa shape index (κ2) is 13.5. The largest absolute Gasteiger partial charge is 0.461 e. The van der Waals surface area contributed by atoms with Crippen molar-refractivity contribution >= 4 is 19.3 Å². The summed E-state index contributed by atoms with van der Waals surface area (Å²) in [6.07, 6.45) is -3.07. The number of hydrogen-bond donors (Lipinski definition) is 1. The fraction of sp³-hybridized carbons (Fsp3) is 0.259. The molecule has 1 unspecified atom stereocenters. The highest BCUT2D eigenvalue weighted by molar-refractivity contribution is 7.57. The Morgan fingerprint density at radius 3 is 1.72 bits per heavy atom. The van der Waals surface area contributed by atoms with Gasteiger partial charge in [0.05, 0.1) is 12.1 Å². The molecule has 3 aromatic rings. The zero-order valence-electron chi connectivity index (χ0n) is 20.4. The first-order valence-corrected chi connectivity index (χ1v) is 13.7. The van der Waals surface area contributed by atoms with Crippen molar-refractivity contribution < 1.29 is 50.5 Å². The average Bonchev–Trinajstić information content (AvgIpc) is 2.94. The first-order chi connectivity index (χ1) is 18.5. The highest BCUT2D eigenvalue weighted by Gasteiger charge is 2.35. The summed E-state index contributed by atoms with van der Waals surface area (Å²) in [6.45, 7) is -0.260. The molecule has 0 saturated heterocycles. The first-order valence-electron chi connectivity index (χ1n) is 11.7. The van der Waals surface area contributed by atoms with Gasteiger partial charge in [-0.2, -0.15) is 0 Å². The van der Waals surface area contributed by atoms with Gasteiger partial charge in [-0.3, -0.25) is 14.2 Å². The van der Waals surface area contributed by atoms with Crippen LogP contribution in [0.4, 0.5) is 22.0 Å². The fourth-order valence-corrected chi connectivity index (χ4v) is 5.60. The molecular formula is C27H24F5O6P. The van der Waals surface area contributed by atoms with Crippen LogP contribution in [0.25, 0.3) is 0 Å². The average molecular weight is 570 g/mol. The summed E-state index contributed by atoms with van der Waals surface area (Å²) in [6, 6.07) is 17.1. The van der Waals surface area contributed by atoms with Crippen molar-refractivity contribution in [3.63, 3.8) is 0 Å². The van der Waals surface area contributed by atoms with E-state index in [-0.39, 0.29) is 26.1 Å². The van der Waals surface area contributed by atoms with Gasteiger partial charge in [-0.1, -0.05) is 60.7 Å². The topological polar surface area (TPSA) is 89.9 Å². The molecule has 0 aliphatic carbocycles. The molecule has 3 aromatic carbocycles. The zero-order chi connectivity index (χ0) is 28.6. The Bertz CT molecular complexity index is 1320. The SMILES string of the molecule is O=C(CC[C@H](CP(=O)(O)Cc1c(F)c(F)c(F)c(F)c1F)C(=O)OCc1ccccc1)OCc1ccccc1. The molecule has 208 valence electrons. The maximum Gasteiger partial charge on any atom is 0.309 e. The molecule has 6 nitrogen and oxygen atoms in total. The lowest BCUT2D eigenvalue weighted by Crippen LogP contribution is -2.23. The molecule has 0 amide bonds. The Balaban J connectivity index is 1.73. The van der Waals surface area contributed by atoms with Crippen LogP contribution in [0.1, 0.15) is 29.5 Å². The van der Waals surface area contributed by atoms with E-state index >= 15 is 0 Å². The molecular weight excluding hydrogens is 546 g/mol. The smallest absolute Gasteiger partial charge is 0.309 e. The molecule has 39 heavy (non-hydrogen) atoms. The van der Waals surface area contributed by atoms with Gasteiger partial charge in [0, 0.05) is 18.1 Å². The third-order valence-electron chi connectivity index (χ3n) is 5.71. The van der Waals surface area contributed by atoms with Crippen molar-refractivity contribution in [2.24, 2.45) is 5.92 Å². The van der Waals surface area contributed by atoms with E-state index in [0.29, 0.717) is 11.1 Å². The molecule has 0 aliphatic rings. The number of ether oxygens (including phenoxy) is 2. The molecule has 0 bridgehead atoms. The van der Waals surface area contributed by atoms with Crippen LogP contribution in [0.5, 0.6) is 0 Å². The number of halogens is 5. The van der Waals surface area contributed by atoms with Crippen LogP contribution in [0.3, 0.4) is 0 Å². The highest BCUT2D eigenvalue weighted by atomic mass is 31.2. The van der Waals surface area contributed by atoms with Gasteiger partial charge in [0.1, 0.15) is 13.2 Å². The van der Waals surface area contributed by atoms with E-state index in [1.807, 2.05) is 0 Å². The van der Waals surface area contributed by atoms with Crippen molar-refractivity contribution in [2.45, 2.75) is 32.2 Å². The first kappa shape index (κ1) is 30.0. The molecule has 0 radical (unpaired) electrons. The summed E-state index contributed by atoms with van der Waals surface area (Å²) < 4.78 is 92.0. The summed E-state index contributed by atoms with van der Waals surface area (Å²) in [4.78, 5) is 35.5. The zero-order valence-corrected chi connectivity index (χ0v) is 21.3. The van der Waals surface area contributed by atoms with Crippen molar-refractivity contribution in [1.29, 1.82) is 0 Å². The van der Waals surface area contributed by atoms with Crippen molar-refractivity contribution in [3.05, 3.63) is 106 Å². The maximum absolute atomic E-state index is 14.1. The summed E-state index contributed by atoms with van der Waals surface area (Å²) in [5, 5.41) is 0. The number of benzene rings is 3. The van der Waals surface area contributed by atoms with Gasteiger partial charge in [-0.05, 0) is 17.5 Å². The normalized spacial score (nSPS) is 13.4. The van der Waals surface area contributed by atoms with Gasteiger partial charge in [-0.15, -0.1) is 0 Å². The molecule has 0 spiro atoms. The van der Waals surface area contributed by atoms with Crippen molar-refractivity contribution in [2.75, 3.05) is 6.16 Å². The molecule has 3 rings (SSSR count). The fourth-order valence-electron chi connectivity index (χ4n) is 3.68. The van der Waals surface area contributed by atoms with Crippen LogP contribution < -0.4 is 0 Å². The van der Waals surface area contributed by atoms with Crippen LogP contribution >= 0.6 is 7.37 Å². The molecule has 1 N–H and O–H groups in total. The van der Waals surface area contributed by atoms with E-state index in [2.05, 4.69) is 0 Å². The van der Waals surface area contributed by atoms with Crippen LogP contribution in [-0.2, 0) is 43.0 Å². The minimum absolute atomic E-state index is 0.0540. The lowest BCUT2D eigenvalue weighted by atomic mass is 10.1. The summed E-state index contributed by atoms with van der Waals surface area (Å²) in [7, 11) is -4.74. The molecule has 0 saturated carbocycles. The minimum Gasteiger partial charge on any atom is -0.461 e. The van der Waals surface area contributed by atoms with Gasteiger partial charge in [-0.25, -0.2) is 22.0 Å². The van der Waals surface area contributed by atoms with Crippen LogP contribution in [0, 0.1) is 35.0 Å². The molecule has 0 heterocycles. The van der Waals surface area contributed by atoms with E-state index in [4.69, 9.17) is 9.47 Å². The Morgan fingerprint density at radius 2 is 1.21 bits per heavy atom. The Labute approximate surface area is 220 Å². The summed E-state index contributed by atoms with van der Waals surface area (Å²) in [5.41, 5.74) is -0.177. The monoisotopic (exact) mass is 570 g/mol. The van der Waals surface area contributed by atoms with E-state index < -0.39 is 72.2 Å². The molecule has 0 fully saturated rings.